The number of rotatable bonds is 6. The molecule has 0 radical (unpaired) electrons. The van der Waals surface area contributed by atoms with Crippen LogP contribution in [0.4, 0.5) is 5.69 Å². The van der Waals surface area contributed by atoms with E-state index in [0.717, 1.165) is 44.4 Å². The van der Waals surface area contributed by atoms with Crippen molar-refractivity contribution in [3.63, 3.8) is 0 Å². The third kappa shape index (κ3) is 4.53. The normalized spacial score (nSPS) is 15.9. The largest absolute Gasteiger partial charge is 0.492 e. The standard InChI is InChI=1S/C29H30ClN3O2/c1-18-9-10-23(13-19(18)2)33-17-22(16-27(33)34)29-31-25-7-5-6-8-26(25)32(29)11-12-35-24-14-20(3)28(30)21(4)15-24/h5-10,13-15,22H,11-12,16-17H2,1-4H3. The second kappa shape index (κ2) is 9.38. The number of amides is 1. The summed E-state index contributed by atoms with van der Waals surface area (Å²) in [6, 6.07) is 18.3. The molecule has 5 rings (SSSR count). The van der Waals surface area contributed by atoms with Crippen LogP contribution in [0, 0.1) is 27.7 Å². The minimum absolute atomic E-state index is 0.0246. The number of ether oxygens (including phenoxy) is 1. The Bertz CT molecular complexity index is 1400. The molecule has 1 saturated heterocycles. The maximum absolute atomic E-state index is 13.0. The molecule has 1 atom stereocenters. The fraction of sp³-hybridized carbons (Fsp3) is 0.310. The summed E-state index contributed by atoms with van der Waals surface area (Å²) in [6.45, 7) is 9.91. The van der Waals surface area contributed by atoms with Crippen molar-refractivity contribution in [2.75, 3.05) is 18.1 Å². The number of carbonyl (C=O) groups is 1. The molecule has 1 unspecified atom stereocenters. The van der Waals surface area contributed by atoms with Gasteiger partial charge in [0, 0.05) is 29.6 Å². The average molecular weight is 488 g/mol. The van der Waals surface area contributed by atoms with E-state index in [2.05, 4.69) is 36.6 Å². The summed E-state index contributed by atoms with van der Waals surface area (Å²) >= 11 is 6.31. The molecule has 6 heteroatoms. The van der Waals surface area contributed by atoms with E-state index in [1.54, 1.807) is 0 Å². The molecule has 1 fully saturated rings. The van der Waals surface area contributed by atoms with Crippen molar-refractivity contribution in [1.29, 1.82) is 0 Å². The van der Waals surface area contributed by atoms with Crippen molar-refractivity contribution in [2.24, 2.45) is 0 Å². The van der Waals surface area contributed by atoms with Crippen LogP contribution in [0.5, 0.6) is 5.75 Å². The zero-order valence-electron chi connectivity index (χ0n) is 20.6. The molecule has 4 aromatic rings. The van der Waals surface area contributed by atoms with Gasteiger partial charge in [0.15, 0.2) is 0 Å². The molecule has 2 heterocycles. The van der Waals surface area contributed by atoms with E-state index in [1.807, 2.05) is 55.1 Å². The Balaban J connectivity index is 1.40. The SMILES string of the molecule is Cc1ccc(N2CC(c3nc4ccccc4n3CCOc3cc(C)c(Cl)c(C)c3)CC2=O)cc1C. The lowest BCUT2D eigenvalue weighted by Crippen LogP contribution is -2.24. The number of carbonyl (C=O) groups excluding carboxylic acids is 1. The van der Waals surface area contributed by atoms with Crippen LogP contribution in [0.3, 0.4) is 0 Å². The Morgan fingerprint density at radius 2 is 1.71 bits per heavy atom. The van der Waals surface area contributed by atoms with Crippen LogP contribution < -0.4 is 9.64 Å². The fourth-order valence-corrected chi connectivity index (χ4v) is 5.02. The molecule has 0 saturated carbocycles. The summed E-state index contributed by atoms with van der Waals surface area (Å²) in [5.74, 6) is 1.92. The number of aryl methyl sites for hydroxylation is 4. The first-order valence-corrected chi connectivity index (χ1v) is 12.4. The smallest absolute Gasteiger partial charge is 0.227 e. The predicted molar refractivity (Wildman–Crippen MR) is 142 cm³/mol. The Hall–Kier alpha value is -3.31. The summed E-state index contributed by atoms with van der Waals surface area (Å²) in [5.41, 5.74) is 7.39. The fourth-order valence-electron chi connectivity index (χ4n) is 4.91. The van der Waals surface area contributed by atoms with Gasteiger partial charge in [-0.2, -0.15) is 0 Å². The highest BCUT2D eigenvalue weighted by Gasteiger charge is 2.35. The van der Waals surface area contributed by atoms with Gasteiger partial charge in [-0.3, -0.25) is 4.79 Å². The highest BCUT2D eigenvalue weighted by atomic mass is 35.5. The summed E-state index contributed by atoms with van der Waals surface area (Å²) < 4.78 is 8.33. The molecule has 1 aliphatic heterocycles. The van der Waals surface area contributed by atoms with Crippen LogP contribution in [-0.2, 0) is 11.3 Å². The van der Waals surface area contributed by atoms with Gasteiger partial charge >= 0.3 is 0 Å². The number of aromatic nitrogens is 2. The number of para-hydroxylation sites is 2. The Labute approximate surface area is 211 Å². The predicted octanol–water partition coefficient (Wildman–Crippen LogP) is 6.52. The van der Waals surface area contributed by atoms with Crippen LogP contribution in [0.1, 0.15) is 40.4 Å². The molecule has 1 aliphatic rings. The molecule has 0 bridgehead atoms. The van der Waals surface area contributed by atoms with Crippen molar-refractivity contribution < 1.29 is 9.53 Å². The van der Waals surface area contributed by atoms with E-state index in [9.17, 15) is 4.79 Å². The molecule has 1 amide bonds. The second-order valence-electron chi connectivity index (χ2n) is 9.50. The van der Waals surface area contributed by atoms with Gasteiger partial charge in [-0.05, 0) is 86.3 Å². The van der Waals surface area contributed by atoms with E-state index in [1.165, 1.54) is 11.1 Å². The second-order valence-corrected chi connectivity index (χ2v) is 9.88. The van der Waals surface area contributed by atoms with E-state index in [4.69, 9.17) is 21.3 Å². The number of hydrogen-bond donors (Lipinski definition) is 0. The molecule has 3 aromatic carbocycles. The van der Waals surface area contributed by atoms with Gasteiger partial charge in [0.1, 0.15) is 18.2 Å². The van der Waals surface area contributed by atoms with E-state index in [0.29, 0.717) is 26.1 Å². The zero-order chi connectivity index (χ0) is 24.7. The van der Waals surface area contributed by atoms with Gasteiger partial charge in [-0.25, -0.2) is 4.98 Å². The number of imidazole rings is 1. The van der Waals surface area contributed by atoms with E-state index >= 15 is 0 Å². The van der Waals surface area contributed by atoms with Gasteiger partial charge in [-0.1, -0.05) is 29.8 Å². The highest BCUT2D eigenvalue weighted by molar-refractivity contribution is 6.32. The quantitative estimate of drug-likeness (QED) is 0.311. The molecule has 5 nitrogen and oxygen atoms in total. The highest BCUT2D eigenvalue weighted by Crippen LogP contribution is 2.34. The van der Waals surface area contributed by atoms with Crippen molar-refractivity contribution in [1.82, 2.24) is 9.55 Å². The first kappa shape index (κ1) is 23.4. The number of halogens is 1. The van der Waals surface area contributed by atoms with Crippen LogP contribution >= 0.6 is 11.6 Å². The van der Waals surface area contributed by atoms with Gasteiger partial charge in [-0.15, -0.1) is 0 Å². The van der Waals surface area contributed by atoms with E-state index in [-0.39, 0.29) is 11.8 Å². The monoisotopic (exact) mass is 487 g/mol. The number of anilines is 1. The van der Waals surface area contributed by atoms with Crippen molar-refractivity contribution in [3.05, 3.63) is 87.7 Å². The third-order valence-corrected chi connectivity index (χ3v) is 7.57. The van der Waals surface area contributed by atoms with Crippen LogP contribution in [-0.4, -0.2) is 28.6 Å². The van der Waals surface area contributed by atoms with Crippen LogP contribution in [0.2, 0.25) is 5.02 Å². The molecule has 1 aromatic heterocycles. The lowest BCUT2D eigenvalue weighted by Gasteiger charge is -2.19. The van der Waals surface area contributed by atoms with Gasteiger partial charge < -0.3 is 14.2 Å². The number of fused-ring (bicyclic) bond motifs is 1. The average Bonchev–Trinajstić information content (AvgIpc) is 3.40. The third-order valence-electron chi connectivity index (χ3n) is 6.97. The topological polar surface area (TPSA) is 47.4 Å². The van der Waals surface area contributed by atoms with Crippen molar-refractivity contribution >= 4 is 34.2 Å². The molecular formula is C29H30ClN3O2. The summed E-state index contributed by atoms with van der Waals surface area (Å²) in [5, 5.41) is 0.777. The molecule has 35 heavy (non-hydrogen) atoms. The zero-order valence-corrected chi connectivity index (χ0v) is 21.4. The molecule has 0 aliphatic carbocycles. The number of benzene rings is 3. The summed E-state index contributed by atoms with van der Waals surface area (Å²) in [7, 11) is 0. The van der Waals surface area contributed by atoms with Crippen molar-refractivity contribution in [2.45, 2.75) is 46.6 Å². The molecule has 0 spiro atoms. The van der Waals surface area contributed by atoms with Gasteiger partial charge in [0.05, 0.1) is 17.6 Å². The van der Waals surface area contributed by atoms with E-state index < -0.39 is 0 Å². The summed E-state index contributed by atoms with van der Waals surface area (Å²) in [6.07, 6.45) is 0.451. The lowest BCUT2D eigenvalue weighted by molar-refractivity contribution is -0.117. The maximum Gasteiger partial charge on any atom is 0.227 e. The first-order valence-electron chi connectivity index (χ1n) is 12.0. The van der Waals surface area contributed by atoms with Crippen molar-refractivity contribution in [3.8, 4) is 5.75 Å². The lowest BCUT2D eigenvalue weighted by atomic mass is 10.1. The number of hydrogen-bond acceptors (Lipinski definition) is 3. The van der Waals surface area contributed by atoms with Crippen LogP contribution in [0.15, 0.2) is 54.6 Å². The molecule has 180 valence electrons. The Morgan fingerprint density at radius 1 is 0.971 bits per heavy atom. The minimum atomic E-state index is 0.0246. The maximum atomic E-state index is 13.0. The minimum Gasteiger partial charge on any atom is -0.492 e. The van der Waals surface area contributed by atoms with Gasteiger partial charge in [0.25, 0.3) is 0 Å². The Kier molecular flexibility index (Phi) is 6.28. The molecular weight excluding hydrogens is 458 g/mol. The summed E-state index contributed by atoms with van der Waals surface area (Å²) in [4.78, 5) is 19.9. The number of nitrogens with zero attached hydrogens (tertiary/aromatic N) is 3. The Morgan fingerprint density at radius 3 is 2.46 bits per heavy atom. The van der Waals surface area contributed by atoms with Crippen LogP contribution in [0.25, 0.3) is 11.0 Å². The first-order chi connectivity index (χ1) is 16.8. The molecule has 0 N–H and O–H groups in total. The van der Waals surface area contributed by atoms with Gasteiger partial charge in [0.2, 0.25) is 5.91 Å².